The summed E-state index contributed by atoms with van der Waals surface area (Å²) in [4.78, 5) is 13.1. The fourth-order valence-corrected chi connectivity index (χ4v) is 3.36. The van der Waals surface area contributed by atoms with Gasteiger partial charge in [-0.05, 0) is 29.0 Å². The Morgan fingerprint density at radius 3 is 2.32 bits per heavy atom. The number of ketones is 1. The van der Waals surface area contributed by atoms with Crippen LogP contribution in [0, 0.1) is 0 Å². The molecular formula is C15H8Cl2OS. The monoisotopic (exact) mass is 306 g/mol. The first-order chi connectivity index (χ1) is 9.18. The average molecular weight is 307 g/mol. The number of benzene rings is 2. The first kappa shape index (κ1) is 12.7. The van der Waals surface area contributed by atoms with Crippen molar-refractivity contribution in [2.45, 2.75) is 0 Å². The van der Waals surface area contributed by atoms with Crippen LogP contribution in [0.25, 0.3) is 10.8 Å². The molecule has 0 spiro atoms. The highest BCUT2D eigenvalue weighted by Gasteiger charge is 2.17. The first-order valence-corrected chi connectivity index (χ1v) is 7.27. The molecule has 3 rings (SSSR count). The molecule has 0 bridgehead atoms. The molecule has 0 radical (unpaired) electrons. The molecule has 0 saturated heterocycles. The standard InChI is InChI=1S/C15H8Cl2OS/c16-12-6-5-11(9-3-1-2-4-10(9)12)14(18)15-13(17)7-8-19-15/h1-8H. The summed E-state index contributed by atoms with van der Waals surface area (Å²) in [6.45, 7) is 0. The van der Waals surface area contributed by atoms with Gasteiger partial charge in [0.05, 0.1) is 9.90 Å². The molecule has 0 atom stereocenters. The Morgan fingerprint density at radius 1 is 0.895 bits per heavy atom. The van der Waals surface area contributed by atoms with Crippen molar-refractivity contribution in [3.8, 4) is 0 Å². The van der Waals surface area contributed by atoms with E-state index in [9.17, 15) is 4.79 Å². The summed E-state index contributed by atoms with van der Waals surface area (Å²) in [6, 6.07) is 12.8. The normalized spacial score (nSPS) is 10.8. The topological polar surface area (TPSA) is 17.1 Å². The third kappa shape index (κ3) is 2.16. The zero-order chi connectivity index (χ0) is 13.4. The van der Waals surface area contributed by atoms with E-state index < -0.39 is 0 Å². The fourth-order valence-electron chi connectivity index (χ4n) is 2.04. The maximum Gasteiger partial charge on any atom is 0.205 e. The van der Waals surface area contributed by atoms with Gasteiger partial charge < -0.3 is 0 Å². The molecule has 19 heavy (non-hydrogen) atoms. The molecule has 0 unspecified atom stereocenters. The molecule has 0 N–H and O–H groups in total. The van der Waals surface area contributed by atoms with Crippen molar-refractivity contribution in [1.29, 1.82) is 0 Å². The summed E-state index contributed by atoms with van der Waals surface area (Å²) in [5.74, 6) is -0.0622. The highest BCUT2D eigenvalue weighted by molar-refractivity contribution is 7.13. The van der Waals surface area contributed by atoms with Crippen LogP contribution in [0.3, 0.4) is 0 Å². The van der Waals surface area contributed by atoms with Gasteiger partial charge in [-0.15, -0.1) is 11.3 Å². The predicted molar refractivity (Wildman–Crippen MR) is 81.7 cm³/mol. The quantitative estimate of drug-likeness (QED) is 0.576. The fraction of sp³-hybridized carbons (Fsp3) is 0. The molecule has 1 aromatic heterocycles. The lowest BCUT2D eigenvalue weighted by Gasteiger charge is -2.06. The molecular weight excluding hydrogens is 299 g/mol. The number of hydrogen-bond donors (Lipinski definition) is 0. The van der Waals surface area contributed by atoms with Gasteiger partial charge >= 0.3 is 0 Å². The van der Waals surface area contributed by atoms with Crippen LogP contribution >= 0.6 is 34.5 Å². The first-order valence-electron chi connectivity index (χ1n) is 5.63. The second kappa shape index (κ2) is 4.97. The van der Waals surface area contributed by atoms with Crippen molar-refractivity contribution >= 4 is 51.1 Å². The molecule has 1 heterocycles. The van der Waals surface area contributed by atoms with Gasteiger partial charge in [0.2, 0.25) is 5.78 Å². The van der Waals surface area contributed by atoms with Crippen LogP contribution in [0.5, 0.6) is 0 Å². The highest BCUT2D eigenvalue weighted by Crippen LogP contribution is 2.31. The van der Waals surface area contributed by atoms with Crippen molar-refractivity contribution < 1.29 is 4.79 Å². The molecule has 0 aliphatic carbocycles. The lowest BCUT2D eigenvalue weighted by molar-refractivity contribution is 0.104. The molecule has 1 nitrogen and oxygen atoms in total. The van der Waals surface area contributed by atoms with E-state index in [1.165, 1.54) is 11.3 Å². The van der Waals surface area contributed by atoms with Crippen LogP contribution < -0.4 is 0 Å². The molecule has 94 valence electrons. The summed E-state index contributed by atoms with van der Waals surface area (Å²) >= 11 is 13.5. The molecule has 0 fully saturated rings. The molecule has 0 saturated carbocycles. The Labute approximate surface area is 124 Å². The van der Waals surface area contributed by atoms with E-state index in [1.807, 2.05) is 29.6 Å². The van der Waals surface area contributed by atoms with Gasteiger partial charge in [-0.3, -0.25) is 4.79 Å². The number of carbonyl (C=O) groups is 1. The maximum atomic E-state index is 12.5. The summed E-state index contributed by atoms with van der Waals surface area (Å²) in [6.07, 6.45) is 0. The molecule has 0 aliphatic heterocycles. The number of hydrogen-bond acceptors (Lipinski definition) is 2. The van der Waals surface area contributed by atoms with Gasteiger partial charge in [0.15, 0.2) is 0 Å². The van der Waals surface area contributed by atoms with E-state index >= 15 is 0 Å². The Morgan fingerprint density at radius 2 is 1.63 bits per heavy atom. The van der Waals surface area contributed by atoms with Crippen LogP contribution in [-0.4, -0.2) is 5.78 Å². The van der Waals surface area contributed by atoms with E-state index in [4.69, 9.17) is 23.2 Å². The van der Waals surface area contributed by atoms with Gasteiger partial charge in [0.25, 0.3) is 0 Å². The van der Waals surface area contributed by atoms with Crippen LogP contribution in [0.1, 0.15) is 15.2 Å². The van der Waals surface area contributed by atoms with Crippen molar-refractivity contribution in [1.82, 2.24) is 0 Å². The van der Waals surface area contributed by atoms with Crippen LogP contribution in [0.2, 0.25) is 10.0 Å². The number of fused-ring (bicyclic) bond motifs is 1. The molecule has 0 amide bonds. The second-order valence-electron chi connectivity index (χ2n) is 4.07. The van der Waals surface area contributed by atoms with E-state index in [-0.39, 0.29) is 5.78 Å². The van der Waals surface area contributed by atoms with E-state index in [0.717, 1.165) is 10.8 Å². The van der Waals surface area contributed by atoms with E-state index in [1.54, 1.807) is 18.2 Å². The van der Waals surface area contributed by atoms with Gasteiger partial charge in [-0.1, -0.05) is 47.5 Å². The minimum absolute atomic E-state index is 0.0622. The second-order valence-corrected chi connectivity index (χ2v) is 5.80. The zero-order valence-electron chi connectivity index (χ0n) is 9.69. The summed E-state index contributed by atoms with van der Waals surface area (Å²) in [5.41, 5.74) is 0.629. The SMILES string of the molecule is O=C(c1sccc1Cl)c1ccc(Cl)c2ccccc12. The Balaban J connectivity index is 2.24. The van der Waals surface area contributed by atoms with Crippen molar-refractivity contribution in [2.75, 3.05) is 0 Å². The van der Waals surface area contributed by atoms with Crippen LogP contribution in [0.4, 0.5) is 0 Å². The van der Waals surface area contributed by atoms with Crippen LogP contribution in [-0.2, 0) is 0 Å². The van der Waals surface area contributed by atoms with Crippen molar-refractivity contribution in [3.63, 3.8) is 0 Å². The van der Waals surface area contributed by atoms with Gasteiger partial charge in [0.1, 0.15) is 0 Å². The summed E-state index contributed by atoms with van der Waals surface area (Å²) in [7, 11) is 0. The number of carbonyl (C=O) groups excluding carboxylic acids is 1. The summed E-state index contributed by atoms with van der Waals surface area (Å²) in [5, 5.41) is 4.68. The van der Waals surface area contributed by atoms with Gasteiger partial charge in [0, 0.05) is 16.0 Å². The third-order valence-electron chi connectivity index (χ3n) is 2.94. The van der Waals surface area contributed by atoms with Crippen LogP contribution in [0.15, 0.2) is 47.8 Å². The molecule has 2 aromatic carbocycles. The smallest absolute Gasteiger partial charge is 0.205 e. The Kier molecular flexibility index (Phi) is 3.31. The van der Waals surface area contributed by atoms with Gasteiger partial charge in [-0.2, -0.15) is 0 Å². The lowest BCUT2D eigenvalue weighted by atomic mass is 10.0. The molecule has 4 heteroatoms. The average Bonchev–Trinajstić information content (AvgIpc) is 2.85. The number of thiophene rings is 1. The van der Waals surface area contributed by atoms with E-state index in [0.29, 0.717) is 20.5 Å². The minimum Gasteiger partial charge on any atom is -0.288 e. The van der Waals surface area contributed by atoms with Crippen molar-refractivity contribution in [2.24, 2.45) is 0 Å². The summed E-state index contributed by atoms with van der Waals surface area (Å²) < 4.78 is 0. The van der Waals surface area contributed by atoms with Crippen molar-refractivity contribution in [3.05, 3.63) is 68.3 Å². The number of rotatable bonds is 2. The Hall–Kier alpha value is -1.35. The highest BCUT2D eigenvalue weighted by atomic mass is 35.5. The lowest BCUT2D eigenvalue weighted by Crippen LogP contribution is -2.00. The largest absolute Gasteiger partial charge is 0.288 e. The Bertz CT molecular complexity index is 777. The maximum absolute atomic E-state index is 12.5. The third-order valence-corrected chi connectivity index (χ3v) is 4.61. The van der Waals surface area contributed by atoms with Gasteiger partial charge in [-0.25, -0.2) is 0 Å². The van der Waals surface area contributed by atoms with E-state index in [2.05, 4.69) is 0 Å². The molecule has 3 aromatic rings. The number of halogens is 2. The predicted octanol–water partition coefficient (Wildman–Crippen LogP) is 5.44. The minimum atomic E-state index is -0.0622. The molecule has 0 aliphatic rings. The zero-order valence-corrected chi connectivity index (χ0v) is 12.0.